The fraction of sp³-hybridized carbons (Fsp3) is 0.500. The standard InChI is InChI=1S/C12H18FNO/c1-8-4-11(10(6-13)7-14)12(15-3)5-9(8)2/h4-5,10H,6-7,14H2,1-3H3. The van der Waals surface area contributed by atoms with E-state index in [4.69, 9.17) is 10.5 Å². The second kappa shape index (κ2) is 5.12. The Kier molecular flexibility index (Phi) is 4.09. The Hall–Kier alpha value is -1.09. The summed E-state index contributed by atoms with van der Waals surface area (Å²) < 4.78 is 18.0. The molecule has 0 aliphatic carbocycles. The maximum atomic E-state index is 12.8. The molecule has 0 radical (unpaired) electrons. The highest BCUT2D eigenvalue weighted by atomic mass is 19.1. The van der Waals surface area contributed by atoms with Crippen LogP contribution in [0.2, 0.25) is 0 Å². The van der Waals surface area contributed by atoms with Crippen molar-refractivity contribution in [1.29, 1.82) is 0 Å². The van der Waals surface area contributed by atoms with Crippen LogP contribution in [0.15, 0.2) is 12.1 Å². The molecule has 84 valence electrons. The fourth-order valence-electron chi connectivity index (χ4n) is 1.58. The normalized spacial score (nSPS) is 12.6. The summed E-state index contributed by atoms with van der Waals surface area (Å²) in [5, 5.41) is 0. The second-order valence-electron chi connectivity index (χ2n) is 3.77. The molecule has 1 unspecified atom stereocenters. The smallest absolute Gasteiger partial charge is 0.122 e. The van der Waals surface area contributed by atoms with Crippen LogP contribution in [0.3, 0.4) is 0 Å². The molecule has 2 N–H and O–H groups in total. The molecule has 0 saturated heterocycles. The van der Waals surface area contributed by atoms with E-state index in [9.17, 15) is 4.39 Å². The third kappa shape index (κ3) is 2.48. The van der Waals surface area contributed by atoms with Crippen LogP contribution >= 0.6 is 0 Å². The number of nitrogens with two attached hydrogens (primary N) is 1. The van der Waals surface area contributed by atoms with Gasteiger partial charge in [-0.1, -0.05) is 6.07 Å². The minimum atomic E-state index is -0.449. The highest BCUT2D eigenvalue weighted by Crippen LogP contribution is 2.29. The second-order valence-corrected chi connectivity index (χ2v) is 3.77. The van der Waals surface area contributed by atoms with Gasteiger partial charge in [0.2, 0.25) is 0 Å². The molecule has 15 heavy (non-hydrogen) atoms. The zero-order valence-corrected chi connectivity index (χ0v) is 9.51. The van der Waals surface area contributed by atoms with Crippen molar-refractivity contribution in [2.75, 3.05) is 20.3 Å². The van der Waals surface area contributed by atoms with Gasteiger partial charge in [0.05, 0.1) is 13.8 Å². The van der Waals surface area contributed by atoms with Gasteiger partial charge in [-0.05, 0) is 31.0 Å². The molecule has 0 fully saturated rings. The van der Waals surface area contributed by atoms with E-state index in [1.54, 1.807) is 7.11 Å². The summed E-state index contributed by atoms with van der Waals surface area (Å²) in [6.07, 6.45) is 0. The zero-order valence-electron chi connectivity index (χ0n) is 9.51. The van der Waals surface area contributed by atoms with Crippen LogP contribution in [0.4, 0.5) is 4.39 Å². The molecule has 0 aliphatic heterocycles. The lowest BCUT2D eigenvalue weighted by atomic mass is 9.95. The Morgan fingerprint density at radius 1 is 1.33 bits per heavy atom. The number of hydrogen-bond acceptors (Lipinski definition) is 2. The molecule has 1 aromatic rings. The van der Waals surface area contributed by atoms with Gasteiger partial charge in [-0.2, -0.15) is 0 Å². The number of rotatable bonds is 4. The molecule has 1 atom stereocenters. The summed E-state index contributed by atoms with van der Waals surface area (Å²) in [5.74, 6) is 0.463. The van der Waals surface area contributed by atoms with Crippen molar-refractivity contribution in [1.82, 2.24) is 0 Å². The summed E-state index contributed by atoms with van der Waals surface area (Å²) in [6.45, 7) is 3.86. The van der Waals surface area contributed by atoms with Crippen molar-refractivity contribution in [2.24, 2.45) is 5.73 Å². The summed E-state index contributed by atoms with van der Waals surface area (Å²) in [5.41, 5.74) is 8.68. The largest absolute Gasteiger partial charge is 0.496 e. The van der Waals surface area contributed by atoms with E-state index in [0.717, 1.165) is 22.4 Å². The van der Waals surface area contributed by atoms with Gasteiger partial charge in [0, 0.05) is 18.0 Å². The van der Waals surface area contributed by atoms with Crippen LogP contribution in [0.1, 0.15) is 22.6 Å². The van der Waals surface area contributed by atoms with E-state index in [1.165, 1.54) is 0 Å². The maximum absolute atomic E-state index is 12.8. The van der Waals surface area contributed by atoms with Gasteiger partial charge in [0.25, 0.3) is 0 Å². The highest BCUT2D eigenvalue weighted by Gasteiger charge is 2.15. The molecule has 2 nitrogen and oxygen atoms in total. The zero-order chi connectivity index (χ0) is 11.4. The third-order valence-electron chi connectivity index (χ3n) is 2.76. The van der Waals surface area contributed by atoms with Gasteiger partial charge in [-0.3, -0.25) is 4.39 Å². The van der Waals surface area contributed by atoms with Crippen LogP contribution in [-0.2, 0) is 0 Å². The maximum Gasteiger partial charge on any atom is 0.122 e. The molecule has 0 heterocycles. The van der Waals surface area contributed by atoms with Crippen molar-refractivity contribution < 1.29 is 9.13 Å². The molecule has 1 rings (SSSR count). The topological polar surface area (TPSA) is 35.2 Å². The number of alkyl halides is 1. The lowest BCUT2D eigenvalue weighted by Crippen LogP contribution is -2.15. The van der Waals surface area contributed by atoms with Crippen molar-refractivity contribution in [3.05, 3.63) is 28.8 Å². The first-order valence-electron chi connectivity index (χ1n) is 5.05. The summed E-state index contributed by atoms with van der Waals surface area (Å²) >= 11 is 0. The molecule has 0 aliphatic rings. The van der Waals surface area contributed by atoms with Crippen molar-refractivity contribution >= 4 is 0 Å². The predicted molar refractivity (Wildman–Crippen MR) is 60.2 cm³/mol. The highest BCUT2D eigenvalue weighted by molar-refractivity contribution is 5.44. The van der Waals surface area contributed by atoms with Crippen LogP contribution in [-0.4, -0.2) is 20.3 Å². The van der Waals surface area contributed by atoms with Gasteiger partial charge in [-0.25, -0.2) is 0 Å². The van der Waals surface area contributed by atoms with E-state index in [0.29, 0.717) is 6.54 Å². The van der Waals surface area contributed by atoms with Crippen molar-refractivity contribution in [3.8, 4) is 5.75 Å². The molecule has 0 bridgehead atoms. The van der Waals surface area contributed by atoms with Gasteiger partial charge < -0.3 is 10.5 Å². The van der Waals surface area contributed by atoms with Crippen LogP contribution < -0.4 is 10.5 Å². The third-order valence-corrected chi connectivity index (χ3v) is 2.76. The lowest BCUT2D eigenvalue weighted by Gasteiger charge is -2.17. The minimum Gasteiger partial charge on any atom is -0.496 e. The van der Waals surface area contributed by atoms with E-state index in [2.05, 4.69) is 0 Å². The van der Waals surface area contributed by atoms with E-state index in [1.807, 2.05) is 26.0 Å². The molecule has 0 saturated carbocycles. The fourth-order valence-corrected chi connectivity index (χ4v) is 1.58. The average Bonchev–Trinajstić information content (AvgIpc) is 2.24. The van der Waals surface area contributed by atoms with E-state index >= 15 is 0 Å². The number of benzene rings is 1. The predicted octanol–water partition coefficient (Wildman–Crippen LogP) is 2.32. The van der Waals surface area contributed by atoms with Crippen LogP contribution in [0.25, 0.3) is 0 Å². The Bertz CT molecular complexity index is 335. The number of ether oxygens (including phenoxy) is 1. The molecule has 0 spiro atoms. The van der Waals surface area contributed by atoms with Crippen LogP contribution in [0, 0.1) is 13.8 Å². The molecule has 1 aromatic carbocycles. The Morgan fingerprint density at radius 2 is 1.93 bits per heavy atom. The first kappa shape index (κ1) is 12.0. The Labute approximate surface area is 90.2 Å². The monoisotopic (exact) mass is 211 g/mol. The number of hydrogen-bond donors (Lipinski definition) is 1. The first-order valence-corrected chi connectivity index (χ1v) is 5.05. The lowest BCUT2D eigenvalue weighted by molar-refractivity contribution is 0.388. The van der Waals surface area contributed by atoms with E-state index in [-0.39, 0.29) is 5.92 Å². The van der Waals surface area contributed by atoms with Gasteiger partial charge in [0.15, 0.2) is 0 Å². The summed E-state index contributed by atoms with van der Waals surface area (Å²) in [4.78, 5) is 0. The first-order chi connectivity index (χ1) is 7.13. The van der Waals surface area contributed by atoms with Crippen LogP contribution in [0.5, 0.6) is 5.75 Å². The molecular weight excluding hydrogens is 193 g/mol. The molecular formula is C12H18FNO. The van der Waals surface area contributed by atoms with Crippen molar-refractivity contribution in [2.45, 2.75) is 19.8 Å². The minimum absolute atomic E-state index is 0.265. The Morgan fingerprint density at radius 3 is 2.40 bits per heavy atom. The van der Waals surface area contributed by atoms with Gasteiger partial charge >= 0.3 is 0 Å². The van der Waals surface area contributed by atoms with Gasteiger partial charge in [-0.15, -0.1) is 0 Å². The number of halogens is 1. The summed E-state index contributed by atoms with van der Waals surface area (Å²) in [7, 11) is 1.60. The van der Waals surface area contributed by atoms with Crippen molar-refractivity contribution in [3.63, 3.8) is 0 Å². The molecule has 3 heteroatoms. The number of aryl methyl sites for hydroxylation is 2. The SMILES string of the molecule is COc1cc(C)c(C)cc1C(CN)CF. The average molecular weight is 211 g/mol. The Balaban J connectivity index is 3.20. The van der Waals surface area contributed by atoms with Gasteiger partial charge in [0.1, 0.15) is 5.75 Å². The molecule has 0 amide bonds. The molecule has 0 aromatic heterocycles. The quantitative estimate of drug-likeness (QED) is 0.829. The van der Waals surface area contributed by atoms with E-state index < -0.39 is 6.67 Å². The summed E-state index contributed by atoms with van der Waals surface area (Å²) in [6, 6.07) is 3.90. The number of methoxy groups -OCH3 is 1.